The minimum absolute atomic E-state index is 0.0393. The Labute approximate surface area is 99.4 Å². The Kier molecular flexibility index (Phi) is 2.99. The summed E-state index contributed by atoms with van der Waals surface area (Å²) in [6.07, 6.45) is 0.317. The van der Waals surface area contributed by atoms with Gasteiger partial charge in [-0.15, -0.1) is 0 Å². The predicted octanol–water partition coefficient (Wildman–Crippen LogP) is 1.77. The van der Waals surface area contributed by atoms with Gasteiger partial charge in [0.25, 0.3) is 0 Å². The maximum atomic E-state index is 11.4. The van der Waals surface area contributed by atoms with Crippen LogP contribution in [0.1, 0.15) is 12.5 Å². The number of nitrogens with one attached hydrogen (secondary N) is 1. The molecule has 0 saturated carbocycles. The van der Waals surface area contributed by atoms with Crippen LogP contribution in [0.25, 0.3) is 0 Å². The Bertz CT molecular complexity index is 471. The van der Waals surface area contributed by atoms with E-state index in [0.717, 1.165) is 17.7 Å². The van der Waals surface area contributed by atoms with E-state index in [0.29, 0.717) is 12.2 Å². The second-order valence-electron chi connectivity index (χ2n) is 3.88. The van der Waals surface area contributed by atoms with Gasteiger partial charge in [0, 0.05) is 24.8 Å². The molecule has 1 aliphatic rings. The molecule has 1 aliphatic heterocycles. The van der Waals surface area contributed by atoms with Gasteiger partial charge in [-0.05, 0) is 30.2 Å². The van der Waals surface area contributed by atoms with Crippen LogP contribution in [0.4, 0.5) is 16.2 Å². The van der Waals surface area contributed by atoms with Crippen LogP contribution in [-0.2, 0) is 16.0 Å². The quantitative estimate of drug-likeness (QED) is 0.805. The Hall–Kier alpha value is -2.04. The molecule has 90 valence electrons. The monoisotopic (exact) mass is 234 g/mol. The van der Waals surface area contributed by atoms with Gasteiger partial charge in [-0.2, -0.15) is 0 Å². The smallest absolute Gasteiger partial charge is 0.411 e. The molecule has 0 aliphatic carbocycles. The fourth-order valence-corrected chi connectivity index (χ4v) is 1.98. The predicted molar refractivity (Wildman–Crippen MR) is 64.2 cm³/mol. The van der Waals surface area contributed by atoms with Crippen molar-refractivity contribution < 1.29 is 14.3 Å². The molecular formula is C12H14N2O3. The van der Waals surface area contributed by atoms with Crippen molar-refractivity contribution in [2.24, 2.45) is 0 Å². The second kappa shape index (κ2) is 4.45. The summed E-state index contributed by atoms with van der Waals surface area (Å²) in [6.45, 7) is 2.25. The fourth-order valence-electron chi connectivity index (χ4n) is 1.98. The maximum Gasteiger partial charge on any atom is 0.411 e. The molecule has 0 bridgehead atoms. The number of ether oxygens (including phenoxy) is 1. The lowest BCUT2D eigenvalue weighted by atomic mass is 10.1. The van der Waals surface area contributed by atoms with E-state index in [9.17, 15) is 9.59 Å². The minimum atomic E-state index is -0.494. The van der Waals surface area contributed by atoms with Crippen LogP contribution in [0, 0.1) is 0 Å². The van der Waals surface area contributed by atoms with E-state index in [2.05, 4.69) is 10.1 Å². The van der Waals surface area contributed by atoms with Gasteiger partial charge in [0.2, 0.25) is 5.91 Å². The third-order valence-electron chi connectivity index (χ3n) is 2.79. The molecule has 0 unspecified atom stereocenters. The van der Waals surface area contributed by atoms with Crippen LogP contribution in [-0.4, -0.2) is 25.7 Å². The summed E-state index contributed by atoms with van der Waals surface area (Å²) in [5.41, 5.74) is 2.67. The third-order valence-corrected chi connectivity index (χ3v) is 2.79. The average Bonchev–Trinajstić information content (AvgIpc) is 2.71. The second-order valence-corrected chi connectivity index (χ2v) is 3.88. The number of methoxy groups -OCH3 is 1. The van der Waals surface area contributed by atoms with Crippen molar-refractivity contribution in [1.82, 2.24) is 0 Å². The first kappa shape index (κ1) is 11.4. The molecule has 17 heavy (non-hydrogen) atoms. The molecule has 0 radical (unpaired) electrons. The van der Waals surface area contributed by atoms with Crippen LogP contribution in [0.15, 0.2) is 18.2 Å². The molecule has 5 heteroatoms. The van der Waals surface area contributed by atoms with Crippen LogP contribution in [0.5, 0.6) is 0 Å². The number of hydrogen-bond acceptors (Lipinski definition) is 3. The summed E-state index contributed by atoms with van der Waals surface area (Å²) in [4.78, 5) is 24.1. The van der Waals surface area contributed by atoms with Crippen LogP contribution >= 0.6 is 0 Å². The Morgan fingerprint density at radius 1 is 1.41 bits per heavy atom. The number of rotatable bonds is 1. The zero-order valence-corrected chi connectivity index (χ0v) is 9.82. The molecule has 2 amide bonds. The summed E-state index contributed by atoms with van der Waals surface area (Å²) in [5, 5.41) is 2.60. The molecule has 5 nitrogen and oxygen atoms in total. The summed E-state index contributed by atoms with van der Waals surface area (Å²) < 4.78 is 4.52. The standard InChI is InChI=1S/C12H14N2O3/c1-8(15)14-6-5-9-7-10(3-4-11(9)14)13-12(16)17-2/h3-4,7H,5-6H2,1-2H3,(H,13,16). The van der Waals surface area contributed by atoms with E-state index in [1.54, 1.807) is 17.9 Å². The van der Waals surface area contributed by atoms with Crippen molar-refractivity contribution >= 4 is 23.4 Å². The van der Waals surface area contributed by atoms with Gasteiger partial charge in [0.15, 0.2) is 0 Å². The van der Waals surface area contributed by atoms with E-state index in [1.165, 1.54) is 7.11 Å². The van der Waals surface area contributed by atoms with Gasteiger partial charge in [0.1, 0.15) is 0 Å². The molecular weight excluding hydrogens is 220 g/mol. The first-order valence-corrected chi connectivity index (χ1v) is 5.38. The zero-order chi connectivity index (χ0) is 12.4. The van der Waals surface area contributed by atoms with Crippen molar-refractivity contribution in [1.29, 1.82) is 0 Å². The fraction of sp³-hybridized carbons (Fsp3) is 0.333. The van der Waals surface area contributed by atoms with E-state index >= 15 is 0 Å². The minimum Gasteiger partial charge on any atom is -0.453 e. The molecule has 0 saturated heterocycles. The lowest BCUT2D eigenvalue weighted by Gasteiger charge is -2.14. The van der Waals surface area contributed by atoms with Gasteiger partial charge < -0.3 is 9.64 Å². The molecule has 0 atom stereocenters. The number of carbonyl (C=O) groups is 2. The molecule has 0 fully saturated rings. The number of amides is 2. The Morgan fingerprint density at radius 2 is 2.18 bits per heavy atom. The van der Waals surface area contributed by atoms with Crippen molar-refractivity contribution in [2.45, 2.75) is 13.3 Å². The number of hydrogen-bond donors (Lipinski definition) is 1. The van der Waals surface area contributed by atoms with E-state index < -0.39 is 6.09 Å². The van der Waals surface area contributed by atoms with Gasteiger partial charge in [-0.1, -0.05) is 0 Å². The summed E-state index contributed by atoms with van der Waals surface area (Å²) >= 11 is 0. The molecule has 1 heterocycles. The maximum absolute atomic E-state index is 11.4. The third kappa shape index (κ3) is 2.22. The SMILES string of the molecule is COC(=O)Nc1ccc2c(c1)CCN2C(C)=O. The Morgan fingerprint density at radius 3 is 2.82 bits per heavy atom. The average molecular weight is 234 g/mol. The summed E-state index contributed by atoms with van der Waals surface area (Å²) in [7, 11) is 1.32. The number of carbonyl (C=O) groups excluding carboxylic acids is 2. The molecule has 1 aromatic carbocycles. The van der Waals surface area contributed by atoms with Crippen LogP contribution in [0.2, 0.25) is 0 Å². The highest BCUT2D eigenvalue weighted by Crippen LogP contribution is 2.30. The number of anilines is 2. The van der Waals surface area contributed by atoms with E-state index in [1.807, 2.05) is 12.1 Å². The Balaban J connectivity index is 2.22. The first-order valence-electron chi connectivity index (χ1n) is 5.38. The van der Waals surface area contributed by atoms with Crippen molar-refractivity contribution in [3.05, 3.63) is 23.8 Å². The van der Waals surface area contributed by atoms with Crippen molar-refractivity contribution in [3.8, 4) is 0 Å². The van der Waals surface area contributed by atoms with Crippen molar-refractivity contribution in [3.63, 3.8) is 0 Å². The number of nitrogens with zero attached hydrogens (tertiary/aromatic N) is 1. The first-order chi connectivity index (χ1) is 8.11. The summed E-state index contributed by atoms with van der Waals surface area (Å²) in [6, 6.07) is 5.47. The highest BCUT2D eigenvalue weighted by molar-refractivity contribution is 5.94. The lowest BCUT2D eigenvalue weighted by molar-refractivity contribution is -0.116. The topological polar surface area (TPSA) is 58.6 Å². The zero-order valence-electron chi connectivity index (χ0n) is 9.82. The number of fused-ring (bicyclic) bond motifs is 1. The van der Waals surface area contributed by atoms with Gasteiger partial charge in [-0.25, -0.2) is 4.79 Å². The van der Waals surface area contributed by atoms with Crippen LogP contribution in [0.3, 0.4) is 0 Å². The summed E-state index contributed by atoms with van der Waals surface area (Å²) in [5.74, 6) is 0.0393. The molecule has 0 spiro atoms. The van der Waals surface area contributed by atoms with Gasteiger partial charge in [-0.3, -0.25) is 10.1 Å². The van der Waals surface area contributed by atoms with Crippen molar-refractivity contribution in [2.75, 3.05) is 23.9 Å². The molecule has 0 aromatic heterocycles. The highest BCUT2D eigenvalue weighted by Gasteiger charge is 2.22. The highest BCUT2D eigenvalue weighted by atomic mass is 16.5. The largest absolute Gasteiger partial charge is 0.453 e. The molecule has 1 aromatic rings. The molecule has 2 rings (SSSR count). The lowest BCUT2D eigenvalue weighted by Crippen LogP contribution is -2.25. The van der Waals surface area contributed by atoms with Gasteiger partial charge in [0.05, 0.1) is 7.11 Å². The molecule has 1 N–H and O–H groups in total. The number of benzene rings is 1. The van der Waals surface area contributed by atoms with Gasteiger partial charge >= 0.3 is 6.09 Å². The van der Waals surface area contributed by atoms with E-state index in [-0.39, 0.29) is 5.91 Å². The normalized spacial score (nSPS) is 13.2. The van der Waals surface area contributed by atoms with Crippen LogP contribution < -0.4 is 10.2 Å². The van der Waals surface area contributed by atoms with E-state index in [4.69, 9.17) is 0 Å².